The summed E-state index contributed by atoms with van der Waals surface area (Å²) in [6.45, 7) is 3.83. The summed E-state index contributed by atoms with van der Waals surface area (Å²) in [6, 6.07) is 17.0. The van der Waals surface area contributed by atoms with Crippen molar-refractivity contribution in [3.05, 3.63) is 65.9 Å². The van der Waals surface area contributed by atoms with E-state index >= 15 is 0 Å². The van der Waals surface area contributed by atoms with E-state index in [1.165, 1.54) is 5.56 Å². The van der Waals surface area contributed by atoms with Gasteiger partial charge in [0.2, 0.25) is 0 Å². The number of ether oxygens (including phenoxy) is 1. The molecule has 0 radical (unpaired) electrons. The van der Waals surface area contributed by atoms with Crippen molar-refractivity contribution in [2.75, 3.05) is 32.8 Å². The Morgan fingerprint density at radius 2 is 1.93 bits per heavy atom. The fourth-order valence-electron chi connectivity index (χ4n) is 4.06. The number of hydrogen-bond acceptors (Lipinski definition) is 5. The van der Waals surface area contributed by atoms with Gasteiger partial charge in [0.05, 0.1) is 0 Å². The van der Waals surface area contributed by atoms with Crippen molar-refractivity contribution in [3.63, 3.8) is 0 Å². The van der Waals surface area contributed by atoms with E-state index in [1.807, 2.05) is 35.2 Å². The van der Waals surface area contributed by atoms with E-state index in [2.05, 4.69) is 22.0 Å². The highest BCUT2D eigenvalue weighted by Gasteiger charge is 2.32. The summed E-state index contributed by atoms with van der Waals surface area (Å²) in [5.41, 5.74) is 2.84. The number of carbonyl (C=O) groups is 1. The number of benzene rings is 2. The molecule has 2 aromatic carbocycles. The molecule has 0 amide bonds. The molecule has 1 aliphatic heterocycles. The van der Waals surface area contributed by atoms with Crippen LogP contribution in [0.3, 0.4) is 0 Å². The first-order valence-corrected chi connectivity index (χ1v) is 9.99. The lowest BCUT2D eigenvalue weighted by molar-refractivity contribution is -0.144. The number of rotatable bonds is 7. The summed E-state index contributed by atoms with van der Waals surface area (Å²) >= 11 is 0. The molecule has 3 aromatic rings. The van der Waals surface area contributed by atoms with Crippen LogP contribution in [0.5, 0.6) is 5.75 Å². The largest absolute Gasteiger partial charge is 0.480 e. The molecule has 1 aliphatic rings. The van der Waals surface area contributed by atoms with Gasteiger partial charge in [-0.2, -0.15) is 5.26 Å². The molecule has 154 valence electrons. The smallest absolute Gasteiger partial charge is 0.325 e. The Kier molecular flexibility index (Phi) is 5.98. The van der Waals surface area contributed by atoms with Gasteiger partial charge in [0.1, 0.15) is 17.9 Å². The fourth-order valence-corrected chi connectivity index (χ4v) is 4.06. The van der Waals surface area contributed by atoms with Crippen LogP contribution < -0.4 is 4.74 Å². The second-order valence-corrected chi connectivity index (χ2v) is 7.44. The maximum Gasteiger partial charge on any atom is 0.325 e. The number of fused-ring (bicyclic) bond motifs is 1. The molecule has 1 fully saturated rings. The van der Waals surface area contributed by atoms with Gasteiger partial charge in [0, 0.05) is 55.4 Å². The monoisotopic (exact) mass is 404 g/mol. The minimum absolute atomic E-state index is 0.0446. The average Bonchev–Trinajstić information content (AvgIpc) is 3.17. The number of H-pyrrole nitrogens is 1. The lowest BCUT2D eigenvalue weighted by Crippen LogP contribution is -2.48. The van der Waals surface area contributed by atoms with Crippen LogP contribution in [0.1, 0.15) is 17.2 Å². The Morgan fingerprint density at radius 3 is 2.63 bits per heavy atom. The zero-order valence-corrected chi connectivity index (χ0v) is 16.6. The van der Waals surface area contributed by atoms with Crippen molar-refractivity contribution in [2.24, 2.45) is 0 Å². The van der Waals surface area contributed by atoms with Gasteiger partial charge in [-0.05, 0) is 23.8 Å². The van der Waals surface area contributed by atoms with E-state index in [4.69, 9.17) is 10.00 Å². The van der Waals surface area contributed by atoms with Crippen LogP contribution >= 0.6 is 0 Å². The lowest BCUT2D eigenvalue weighted by Gasteiger charge is -2.37. The summed E-state index contributed by atoms with van der Waals surface area (Å²) in [6.07, 6.45) is 1.77. The van der Waals surface area contributed by atoms with E-state index in [9.17, 15) is 9.90 Å². The SMILES string of the molecule is N#CCOc1ccc2[nH]cc(C(C(=O)O)N3CCN(Cc4ccccc4)CC3)c2c1. The Balaban J connectivity index is 1.51. The van der Waals surface area contributed by atoms with Crippen LogP contribution in [-0.2, 0) is 11.3 Å². The Hall–Kier alpha value is -3.34. The molecule has 0 saturated carbocycles. The molecule has 1 atom stereocenters. The van der Waals surface area contributed by atoms with E-state index < -0.39 is 12.0 Å². The highest BCUT2D eigenvalue weighted by Crippen LogP contribution is 2.32. The topological polar surface area (TPSA) is 92.6 Å². The number of carboxylic acid groups (broad SMARTS) is 1. The van der Waals surface area contributed by atoms with Gasteiger partial charge in [-0.1, -0.05) is 30.3 Å². The van der Waals surface area contributed by atoms with Crippen LogP contribution in [0.4, 0.5) is 0 Å². The Labute approximate surface area is 175 Å². The third kappa shape index (κ3) is 4.30. The number of nitrogens with zero attached hydrogens (tertiary/aromatic N) is 3. The predicted molar refractivity (Wildman–Crippen MR) is 113 cm³/mol. The number of aliphatic carboxylic acids is 1. The number of aromatic nitrogens is 1. The van der Waals surface area contributed by atoms with Crippen LogP contribution in [0.25, 0.3) is 10.9 Å². The standard InChI is InChI=1S/C23H24N4O3/c24-8-13-30-18-6-7-21-19(14-18)20(15-25-21)22(23(28)29)27-11-9-26(10-12-27)16-17-4-2-1-3-5-17/h1-7,14-15,22,25H,9-13,16H2,(H,28,29). The van der Waals surface area contributed by atoms with Crippen LogP contribution in [0, 0.1) is 11.3 Å². The van der Waals surface area contributed by atoms with Crippen molar-refractivity contribution >= 4 is 16.9 Å². The maximum absolute atomic E-state index is 12.2. The number of nitriles is 1. The van der Waals surface area contributed by atoms with E-state index in [1.54, 1.807) is 18.3 Å². The van der Waals surface area contributed by atoms with E-state index in [-0.39, 0.29) is 6.61 Å². The average molecular weight is 404 g/mol. The van der Waals surface area contributed by atoms with Crippen molar-refractivity contribution in [2.45, 2.75) is 12.6 Å². The molecule has 2 heterocycles. The minimum Gasteiger partial charge on any atom is -0.480 e. The molecular weight excluding hydrogens is 380 g/mol. The highest BCUT2D eigenvalue weighted by atomic mass is 16.5. The molecule has 30 heavy (non-hydrogen) atoms. The Bertz CT molecular complexity index is 1050. The fraction of sp³-hybridized carbons (Fsp3) is 0.304. The molecule has 0 aliphatic carbocycles. The van der Waals surface area contributed by atoms with Gasteiger partial charge in [0.15, 0.2) is 6.61 Å². The summed E-state index contributed by atoms with van der Waals surface area (Å²) < 4.78 is 5.40. The van der Waals surface area contributed by atoms with Crippen molar-refractivity contribution in [1.29, 1.82) is 5.26 Å². The molecular formula is C23H24N4O3. The third-order valence-corrected chi connectivity index (χ3v) is 5.54. The molecule has 7 nitrogen and oxygen atoms in total. The van der Waals surface area contributed by atoms with Crippen LogP contribution in [0.2, 0.25) is 0 Å². The normalized spacial score (nSPS) is 16.2. The minimum atomic E-state index is -0.865. The predicted octanol–water partition coefficient (Wildman–Crippen LogP) is 3.01. The van der Waals surface area contributed by atoms with Crippen molar-refractivity contribution in [1.82, 2.24) is 14.8 Å². The van der Waals surface area contributed by atoms with Gasteiger partial charge >= 0.3 is 5.97 Å². The van der Waals surface area contributed by atoms with E-state index in [0.717, 1.165) is 36.1 Å². The van der Waals surface area contributed by atoms with Gasteiger partial charge in [0.25, 0.3) is 0 Å². The molecule has 4 rings (SSSR count). The molecule has 7 heteroatoms. The third-order valence-electron chi connectivity index (χ3n) is 5.54. The molecule has 1 aromatic heterocycles. The van der Waals surface area contributed by atoms with E-state index in [0.29, 0.717) is 18.8 Å². The zero-order valence-electron chi connectivity index (χ0n) is 16.6. The second kappa shape index (κ2) is 8.99. The first kappa shape index (κ1) is 20.0. The molecule has 0 bridgehead atoms. The molecule has 0 spiro atoms. The van der Waals surface area contributed by atoms with Gasteiger partial charge in [-0.3, -0.25) is 14.6 Å². The highest BCUT2D eigenvalue weighted by molar-refractivity contribution is 5.90. The number of hydrogen-bond donors (Lipinski definition) is 2. The molecule has 2 N–H and O–H groups in total. The van der Waals surface area contributed by atoms with Gasteiger partial charge < -0.3 is 14.8 Å². The summed E-state index contributed by atoms with van der Waals surface area (Å²) in [5.74, 6) is -0.308. The van der Waals surface area contributed by atoms with Crippen LogP contribution in [0.15, 0.2) is 54.7 Å². The van der Waals surface area contributed by atoms with Crippen molar-refractivity contribution in [3.8, 4) is 11.8 Å². The molecule has 1 unspecified atom stereocenters. The number of carboxylic acids is 1. The quantitative estimate of drug-likeness (QED) is 0.629. The summed E-state index contributed by atoms with van der Waals surface area (Å²) in [7, 11) is 0. The number of piperazine rings is 1. The first-order valence-electron chi connectivity index (χ1n) is 9.99. The van der Waals surface area contributed by atoms with Gasteiger partial charge in [-0.25, -0.2) is 0 Å². The summed E-state index contributed by atoms with van der Waals surface area (Å²) in [5, 5.41) is 19.6. The number of aromatic amines is 1. The lowest BCUT2D eigenvalue weighted by atomic mass is 10.0. The zero-order chi connectivity index (χ0) is 20.9. The second-order valence-electron chi connectivity index (χ2n) is 7.44. The molecule has 1 saturated heterocycles. The Morgan fingerprint density at radius 1 is 1.17 bits per heavy atom. The first-order chi connectivity index (χ1) is 14.7. The maximum atomic E-state index is 12.2. The van der Waals surface area contributed by atoms with Crippen molar-refractivity contribution < 1.29 is 14.6 Å². The van der Waals surface area contributed by atoms with Gasteiger partial charge in [-0.15, -0.1) is 0 Å². The van der Waals surface area contributed by atoms with Crippen LogP contribution in [-0.4, -0.2) is 58.6 Å². The number of nitrogens with one attached hydrogen (secondary N) is 1. The summed E-state index contributed by atoms with van der Waals surface area (Å²) in [4.78, 5) is 19.8.